The second-order valence-corrected chi connectivity index (χ2v) is 5.38. The van der Waals surface area contributed by atoms with Gasteiger partial charge in [0.1, 0.15) is 0 Å². The maximum atomic E-state index is 12.3. The van der Waals surface area contributed by atoms with E-state index in [4.69, 9.17) is 5.73 Å². The number of carbonyl (C=O) groups is 2. The van der Waals surface area contributed by atoms with Crippen LogP contribution in [0.15, 0.2) is 0 Å². The second kappa shape index (κ2) is 6.04. The van der Waals surface area contributed by atoms with E-state index in [0.29, 0.717) is 19.0 Å². The van der Waals surface area contributed by atoms with Crippen LogP contribution in [0.1, 0.15) is 26.7 Å². The molecule has 1 rings (SSSR count). The number of nitrogens with two attached hydrogens (primary N) is 1. The maximum Gasteiger partial charge on any atom is 0.312 e. The van der Waals surface area contributed by atoms with Crippen molar-refractivity contribution < 1.29 is 9.59 Å². The van der Waals surface area contributed by atoms with Gasteiger partial charge < -0.3 is 21.3 Å². The van der Waals surface area contributed by atoms with E-state index in [0.717, 1.165) is 19.4 Å². The lowest BCUT2D eigenvalue weighted by molar-refractivity contribution is -0.138. The summed E-state index contributed by atoms with van der Waals surface area (Å²) in [6.45, 7) is 5.77. The Hall–Kier alpha value is -1.30. The van der Waals surface area contributed by atoms with Crippen LogP contribution >= 0.6 is 0 Å². The minimum atomic E-state index is -0.543. The highest BCUT2D eigenvalue weighted by Crippen LogP contribution is 2.19. The molecule has 0 bridgehead atoms. The Morgan fingerprint density at radius 3 is 2.67 bits per heavy atom. The molecule has 0 saturated carbocycles. The van der Waals surface area contributed by atoms with Crippen LogP contribution in [0.4, 0.5) is 4.79 Å². The molecule has 3 amide bonds. The number of amides is 3. The smallest absolute Gasteiger partial charge is 0.312 e. The summed E-state index contributed by atoms with van der Waals surface area (Å²) in [5, 5.41) is 5.64. The Labute approximate surface area is 108 Å². The lowest BCUT2D eigenvalue weighted by atomic mass is 9.95. The lowest BCUT2D eigenvalue weighted by Gasteiger charge is -2.37. The molecule has 1 atom stereocenters. The molecule has 6 nitrogen and oxygen atoms in total. The van der Waals surface area contributed by atoms with E-state index in [2.05, 4.69) is 10.6 Å². The molecule has 1 unspecified atom stereocenters. The van der Waals surface area contributed by atoms with Gasteiger partial charge in [0.15, 0.2) is 0 Å². The molecule has 0 aromatic rings. The fourth-order valence-electron chi connectivity index (χ4n) is 2.16. The summed E-state index contributed by atoms with van der Waals surface area (Å²) in [5.41, 5.74) is 4.51. The largest absolute Gasteiger partial charge is 0.352 e. The third-order valence-electron chi connectivity index (χ3n) is 3.53. The van der Waals surface area contributed by atoms with Gasteiger partial charge in [0, 0.05) is 19.6 Å². The first-order valence-electron chi connectivity index (χ1n) is 6.38. The predicted octanol–water partition coefficient (Wildman–Crippen LogP) is -0.109. The zero-order valence-electron chi connectivity index (χ0n) is 11.5. The van der Waals surface area contributed by atoms with Gasteiger partial charge in [0.05, 0.1) is 5.54 Å². The first-order valence-corrected chi connectivity index (χ1v) is 6.38. The van der Waals surface area contributed by atoms with Crippen molar-refractivity contribution in [3.05, 3.63) is 0 Å². The minimum absolute atomic E-state index is 0.105. The van der Waals surface area contributed by atoms with Crippen LogP contribution in [0.3, 0.4) is 0 Å². The normalized spacial score (nSPS) is 20.6. The minimum Gasteiger partial charge on any atom is -0.352 e. The SMILES string of the molecule is CNC(C)(C)C(=O)N1CCCC(CNC(N)=O)C1. The number of carbonyl (C=O) groups excluding carboxylic acids is 2. The Morgan fingerprint density at radius 1 is 1.44 bits per heavy atom. The molecule has 18 heavy (non-hydrogen) atoms. The van der Waals surface area contributed by atoms with E-state index < -0.39 is 11.6 Å². The van der Waals surface area contributed by atoms with Gasteiger partial charge in [-0.1, -0.05) is 0 Å². The van der Waals surface area contributed by atoms with E-state index in [1.807, 2.05) is 18.7 Å². The fraction of sp³-hybridized carbons (Fsp3) is 0.833. The van der Waals surface area contributed by atoms with Crippen molar-refractivity contribution in [3.63, 3.8) is 0 Å². The summed E-state index contributed by atoms with van der Waals surface area (Å²) in [7, 11) is 1.79. The van der Waals surface area contributed by atoms with Gasteiger partial charge in [-0.25, -0.2) is 4.79 Å². The molecule has 1 aliphatic heterocycles. The molecule has 0 aromatic heterocycles. The average molecular weight is 256 g/mol. The highest BCUT2D eigenvalue weighted by molar-refractivity contribution is 5.85. The van der Waals surface area contributed by atoms with Crippen LogP contribution < -0.4 is 16.4 Å². The number of rotatable bonds is 4. The molecule has 1 aliphatic rings. The van der Waals surface area contributed by atoms with E-state index >= 15 is 0 Å². The second-order valence-electron chi connectivity index (χ2n) is 5.38. The molecule has 6 heteroatoms. The van der Waals surface area contributed by atoms with Crippen LogP contribution in [0.5, 0.6) is 0 Å². The highest BCUT2D eigenvalue weighted by atomic mass is 16.2. The Balaban J connectivity index is 2.53. The van der Waals surface area contributed by atoms with E-state index in [1.165, 1.54) is 0 Å². The monoisotopic (exact) mass is 256 g/mol. The molecule has 0 aliphatic carbocycles. The topological polar surface area (TPSA) is 87.5 Å². The van der Waals surface area contributed by atoms with Gasteiger partial charge in [-0.3, -0.25) is 4.79 Å². The van der Waals surface area contributed by atoms with Crippen molar-refractivity contribution in [2.45, 2.75) is 32.2 Å². The molecule has 0 radical (unpaired) electrons. The Morgan fingerprint density at radius 2 is 2.11 bits per heavy atom. The number of likely N-dealkylation sites (N-methyl/N-ethyl adjacent to an activating group) is 1. The molecule has 4 N–H and O–H groups in total. The van der Waals surface area contributed by atoms with Crippen LogP contribution in [0, 0.1) is 5.92 Å². The quantitative estimate of drug-likeness (QED) is 0.656. The fourth-order valence-corrected chi connectivity index (χ4v) is 2.16. The number of primary amides is 1. The van der Waals surface area contributed by atoms with Gasteiger partial charge in [-0.05, 0) is 39.7 Å². The summed E-state index contributed by atoms with van der Waals surface area (Å²) in [6.07, 6.45) is 1.99. The lowest BCUT2D eigenvalue weighted by Crippen LogP contribution is -2.55. The van der Waals surface area contributed by atoms with Crippen molar-refractivity contribution in [1.82, 2.24) is 15.5 Å². The van der Waals surface area contributed by atoms with Crippen LogP contribution in [0.25, 0.3) is 0 Å². The van der Waals surface area contributed by atoms with Gasteiger partial charge in [0.25, 0.3) is 0 Å². The van der Waals surface area contributed by atoms with Crippen LogP contribution in [-0.4, -0.2) is 49.1 Å². The van der Waals surface area contributed by atoms with Crippen molar-refractivity contribution in [2.24, 2.45) is 11.7 Å². The molecule has 0 aromatic carbocycles. The zero-order valence-corrected chi connectivity index (χ0v) is 11.5. The number of nitrogens with zero attached hydrogens (tertiary/aromatic N) is 1. The van der Waals surface area contributed by atoms with Crippen molar-refractivity contribution in [1.29, 1.82) is 0 Å². The molecule has 104 valence electrons. The van der Waals surface area contributed by atoms with Crippen molar-refractivity contribution in [2.75, 3.05) is 26.7 Å². The van der Waals surface area contributed by atoms with Gasteiger partial charge >= 0.3 is 6.03 Å². The summed E-state index contributed by atoms with van der Waals surface area (Å²) in [6, 6.07) is -0.506. The zero-order chi connectivity index (χ0) is 13.8. The highest BCUT2D eigenvalue weighted by Gasteiger charge is 2.33. The standard InChI is InChI=1S/C12H24N4O2/c1-12(2,14-3)10(17)16-6-4-5-9(8-16)7-15-11(13)18/h9,14H,4-8H2,1-3H3,(H3,13,15,18). The number of hydrogen-bond acceptors (Lipinski definition) is 3. The van der Waals surface area contributed by atoms with Crippen molar-refractivity contribution >= 4 is 11.9 Å². The van der Waals surface area contributed by atoms with Gasteiger partial charge in [0.2, 0.25) is 5.91 Å². The number of piperidine rings is 1. The Bertz CT molecular complexity index is 317. The summed E-state index contributed by atoms with van der Waals surface area (Å²) in [5.74, 6) is 0.400. The third kappa shape index (κ3) is 3.87. The van der Waals surface area contributed by atoms with E-state index in [1.54, 1.807) is 7.05 Å². The number of likely N-dealkylation sites (tertiary alicyclic amines) is 1. The van der Waals surface area contributed by atoms with Gasteiger partial charge in [-0.15, -0.1) is 0 Å². The summed E-state index contributed by atoms with van der Waals surface area (Å²) < 4.78 is 0. The maximum absolute atomic E-state index is 12.3. The van der Waals surface area contributed by atoms with Crippen LogP contribution in [0.2, 0.25) is 0 Å². The molecule has 1 fully saturated rings. The average Bonchev–Trinajstić information content (AvgIpc) is 2.35. The molecular weight excluding hydrogens is 232 g/mol. The Kier molecular flexibility index (Phi) is 4.95. The van der Waals surface area contributed by atoms with E-state index in [-0.39, 0.29) is 5.91 Å². The summed E-state index contributed by atoms with van der Waals surface area (Å²) >= 11 is 0. The first kappa shape index (κ1) is 14.8. The molecule has 1 saturated heterocycles. The molecule has 0 spiro atoms. The number of nitrogens with one attached hydrogen (secondary N) is 2. The van der Waals surface area contributed by atoms with Crippen molar-refractivity contribution in [3.8, 4) is 0 Å². The first-order chi connectivity index (χ1) is 8.36. The molecule has 1 heterocycles. The van der Waals surface area contributed by atoms with E-state index in [9.17, 15) is 9.59 Å². The predicted molar refractivity (Wildman–Crippen MR) is 70.0 cm³/mol. The number of hydrogen-bond donors (Lipinski definition) is 3. The molecular formula is C12H24N4O2. The summed E-state index contributed by atoms with van der Waals surface area (Å²) in [4.78, 5) is 24.8. The van der Waals surface area contributed by atoms with Crippen LogP contribution in [-0.2, 0) is 4.79 Å². The number of urea groups is 1. The van der Waals surface area contributed by atoms with Gasteiger partial charge in [-0.2, -0.15) is 0 Å². The third-order valence-corrected chi connectivity index (χ3v) is 3.53.